The minimum atomic E-state index is -0.0682. The second kappa shape index (κ2) is 8.78. The third kappa shape index (κ3) is 4.43. The lowest BCUT2D eigenvalue weighted by Crippen LogP contribution is -2.14. The maximum atomic E-state index is 12.6. The Hall–Kier alpha value is -4.14. The standard InChI is InChI=1S/C24H23N5O4/c1-15-20(16(2)29-24(27-15)25-13-26-29)7-9-23(30)28-18-5-3-4-17(10-18)12-31-19-6-8-21-22(11-19)33-14-32-21/h3-6,8,10-11,13H,7,9,12,14H2,1-2H3,(H,28,30). The maximum Gasteiger partial charge on any atom is 0.252 e. The van der Waals surface area contributed by atoms with Gasteiger partial charge in [-0.15, -0.1) is 0 Å². The molecule has 0 saturated heterocycles. The van der Waals surface area contributed by atoms with Crippen molar-refractivity contribution in [3.63, 3.8) is 0 Å². The monoisotopic (exact) mass is 445 g/mol. The van der Waals surface area contributed by atoms with Crippen molar-refractivity contribution in [1.29, 1.82) is 0 Å². The zero-order chi connectivity index (χ0) is 22.8. The van der Waals surface area contributed by atoms with Crippen molar-refractivity contribution >= 4 is 17.4 Å². The van der Waals surface area contributed by atoms with E-state index in [0.717, 1.165) is 34.0 Å². The van der Waals surface area contributed by atoms with Gasteiger partial charge in [-0.05, 0) is 55.7 Å². The Labute approximate surface area is 190 Å². The van der Waals surface area contributed by atoms with Gasteiger partial charge in [0.05, 0.1) is 0 Å². The number of nitrogens with zero attached hydrogens (tertiary/aromatic N) is 4. The summed E-state index contributed by atoms with van der Waals surface area (Å²) in [4.78, 5) is 21.2. The van der Waals surface area contributed by atoms with E-state index < -0.39 is 0 Å². The molecular weight excluding hydrogens is 422 g/mol. The molecule has 4 aromatic rings. The molecule has 0 radical (unpaired) electrons. The molecule has 0 saturated carbocycles. The topological polar surface area (TPSA) is 99.9 Å². The van der Waals surface area contributed by atoms with Crippen molar-refractivity contribution in [2.45, 2.75) is 33.3 Å². The van der Waals surface area contributed by atoms with Crippen LogP contribution in [0.1, 0.15) is 28.9 Å². The van der Waals surface area contributed by atoms with Crippen molar-refractivity contribution in [3.8, 4) is 17.2 Å². The quantitative estimate of drug-likeness (QED) is 0.464. The van der Waals surface area contributed by atoms with E-state index in [0.29, 0.717) is 36.7 Å². The number of aryl methyl sites for hydroxylation is 2. The van der Waals surface area contributed by atoms with Crippen LogP contribution in [0.2, 0.25) is 0 Å². The second-order valence-corrected chi connectivity index (χ2v) is 7.79. The van der Waals surface area contributed by atoms with E-state index in [4.69, 9.17) is 14.2 Å². The Morgan fingerprint density at radius 1 is 1.15 bits per heavy atom. The molecular formula is C24H23N5O4. The first-order chi connectivity index (χ1) is 16.1. The van der Waals surface area contributed by atoms with Gasteiger partial charge in [0.1, 0.15) is 18.7 Å². The van der Waals surface area contributed by atoms with Crippen LogP contribution in [-0.2, 0) is 17.8 Å². The first-order valence-corrected chi connectivity index (χ1v) is 10.6. The molecule has 1 N–H and O–H groups in total. The molecule has 0 aliphatic carbocycles. The highest BCUT2D eigenvalue weighted by molar-refractivity contribution is 5.90. The van der Waals surface area contributed by atoms with Gasteiger partial charge < -0.3 is 19.5 Å². The molecule has 168 valence electrons. The maximum absolute atomic E-state index is 12.6. The van der Waals surface area contributed by atoms with E-state index in [-0.39, 0.29) is 12.7 Å². The van der Waals surface area contributed by atoms with Gasteiger partial charge in [-0.3, -0.25) is 4.79 Å². The number of benzene rings is 2. The third-order valence-electron chi connectivity index (χ3n) is 5.55. The number of carbonyl (C=O) groups is 1. The van der Waals surface area contributed by atoms with Gasteiger partial charge in [0.2, 0.25) is 12.7 Å². The molecule has 1 amide bonds. The first kappa shape index (κ1) is 20.7. The predicted molar refractivity (Wildman–Crippen MR) is 121 cm³/mol. The fourth-order valence-corrected chi connectivity index (χ4v) is 3.85. The van der Waals surface area contributed by atoms with Crippen molar-refractivity contribution in [3.05, 3.63) is 71.3 Å². The third-order valence-corrected chi connectivity index (χ3v) is 5.55. The van der Waals surface area contributed by atoms with Gasteiger partial charge >= 0.3 is 0 Å². The first-order valence-electron chi connectivity index (χ1n) is 10.6. The summed E-state index contributed by atoms with van der Waals surface area (Å²) in [5.74, 6) is 2.59. The molecule has 9 nitrogen and oxygen atoms in total. The number of hydrogen-bond acceptors (Lipinski definition) is 7. The number of fused-ring (bicyclic) bond motifs is 2. The minimum Gasteiger partial charge on any atom is -0.489 e. The lowest BCUT2D eigenvalue weighted by molar-refractivity contribution is -0.116. The van der Waals surface area contributed by atoms with Crippen LogP contribution in [0, 0.1) is 13.8 Å². The molecule has 9 heteroatoms. The smallest absolute Gasteiger partial charge is 0.252 e. The summed E-state index contributed by atoms with van der Waals surface area (Å²) in [6.07, 6.45) is 2.38. The lowest BCUT2D eigenvalue weighted by Gasteiger charge is -2.11. The summed E-state index contributed by atoms with van der Waals surface area (Å²) >= 11 is 0. The number of ether oxygens (including phenoxy) is 3. The molecule has 2 aromatic carbocycles. The average molecular weight is 445 g/mol. The van der Waals surface area contributed by atoms with Crippen molar-refractivity contribution < 1.29 is 19.0 Å². The number of aromatic nitrogens is 4. The van der Waals surface area contributed by atoms with E-state index >= 15 is 0 Å². The van der Waals surface area contributed by atoms with Crippen LogP contribution in [0.4, 0.5) is 5.69 Å². The van der Waals surface area contributed by atoms with E-state index in [1.807, 2.05) is 56.3 Å². The Morgan fingerprint density at radius 3 is 2.94 bits per heavy atom. The highest BCUT2D eigenvalue weighted by Crippen LogP contribution is 2.35. The normalized spacial score (nSPS) is 12.2. The minimum absolute atomic E-state index is 0.0682. The Bertz CT molecular complexity index is 1330. The summed E-state index contributed by atoms with van der Waals surface area (Å²) in [5, 5.41) is 7.17. The summed E-state index contributed by atoms with van der Waals surface area (Å²) in [6.45, 7) is 4.49. The summed E-state index contributed by atoms with van der Waals surface area (Å²) in [6, 6.07) is 13.1. The van der Waals surface area contributed by atoms with Crippen molar-refractivity contribution in [2.24, 2.45) is 0 Å². The number of rotatable bonds is 7. The van der Waals surface area contributed by atoms with Crippen LogP contribution in [0.25, 0.3) is 5.78 Å². The van der Waals surface area contributed by atoms with Gasteiger partial charge in [-0.1, -0.05) is 12.1 Å². The molecule has 0 fully saturated rings. The van der Waals surface area contributed by atoms with E-state index in [1.54, 1.807) is 4.52 Å². The zero-order valence-electron chi connectivity index (χ0n) is 18.4. The number of amides is 1. The van der Waals surface area contributed by atoms with Gasteiger partial charge in [0.25, 0.3) is 5.78 Å². The Balaban J connectivity index is 1.19. The molecule has 1 aliphatic rings. The van der Waals surface area contributed by atoms with Crippen LogP contribution in [0.5, 0.6) is 17.2 Å². The number of hydrogen-bond donors (Lipinski definition) is 1. The van der Waals surface area contributed by atoms with E-state index in [2.05, 4.69) is 20.4 Å². The summed E-state index contributed by atoms with van der Waals surface area (Å²) in [5.41, 5.74) is 4.49. The number of nitrogens with one attached hydrogen (secondary N) is 1. The van der Waals surface area contributed by atoms with Gasteiger partial charge in [-0.2, -0.15) is 10.1 Å². The molecule has 0 spiro atoms. The molecule has 0 unspecified atom stereocenters. The van der Waals surface area contributed by atoms with E-state index in [1.165, 1.54) is 6.33 Å². The highest BCUT2D eigenvalue weighted by atomic mass is 16.7. The van der Waals surface area contributed by atoms with Gasteiger partial charge in [-0.25, -0.2) is 9.50 Å². The summed E-state index contributed by atoms with van der Waals surface area (Å²) < 4.78 is 18.3. The second-order valence-electron chi connectivity index (χ2n) is 7.79. The largest absolute Gasteiger partial charge is 0.489 e. The molecule has 3 heterocycles. The van der Waals surface area contributed by atoms with Gasteiger partial charge in [0.15, 0.2) is 11.5 Å². The van der Waals surface area contributed by atoms with Crippen molar-refractivity contribution in [2.75, 3.05) is 12.1 Å². The van der Waals surface area contributed by atoms with Crippen molar-refractivity contribution in [1.82, 2.24) is 19.6 Å². The number of carbonyl (C=O) groups excluding carboxylic acids is 1. The van der Waals surface area contributed by atoms with Crippen LogP contribution in [0.15, 0.2) is 48.8 Å². The molecule has 0 atom stereocenters. The Kier molecular flexibility index (Phi) is 5.52. The van der Waals surface area contributed by atoms with E-state index in [9.17, 15) is 4.79 Å². The van der Waals surface area contributed by atoms with Gasteiger partial charge in [0, 0.05) is 29.6 Å². The molecule has 33 heavy (non-hydrogen) atoms. The van der Waals surface area contributed by atoms with Crippen LogP contribution in [-0.4, -0.2) is 32.3 Å². The fourth-order valence-electron chi connectivity index (χ4n) is 3.85. The van der Waals surface area contributed by atoms with Crippen LogP contribution in [0.3, 0.4) is 0 Å². The molecule has 0 bridgehead atoms. The highest BCUT2D eigenvalue weighted by Gasteiger charge is 2.14. The SMILES string of the molecule is Cc1nc2ncnn2c(C)c1CCC(=O)Nc1cccc(COc2ccc3c(c2)OCO3)c1. The Morgan fingerprint density at radius 2 is 2.03 bits per heavy atom. The molecule has 5 rings (SSSR count). The van der Waals surface area contributed by atoms with Crippen LogP contribution < -0.4 is 19.5 Å². The molecule has 2 aromatic heterocycles. The zero-order valence-corrected chi connectivity index (χ0v) is 18.4. The summed E-state index contributed by atoms with van der Waals surface area (Å²) in [7, 11) is 0. The lowest BCUT2D eigenvalue weighted by atomic mass is 10.1. The number of anilines is 1. The van der Waals surface area contributed by atoms with Crippen LogP contribution >= 0.6 is 0 Å². The fraction of sp³-hybridized carbons (Fsp3) is 0.250. The average Bonchev–Trinajstić information content (AvgIpc) is 3.47. The molecule has 1 aliphatic heterocycles. The predicted octanol–water partition coefficient (Wildman–Crippen LogP) is 3.62.